The van der Waals surface area contributed by atoms with Gasteiger partial charge in [0.15, 0.2) is 0 Å². The molecule has 1 aromatic carbocycles. The maximum Gasteiger partial charge on any atom is 0.0795 e. The van der Waals surface area contributed by atoms with E-state index in [-0.39, 0.29) is 0 Å². The van der Waals surface area contributed by atoms with Crippen LogP contribution in [0.1, 0.15) is 0 Å². The lowest BCUT2D eigenvalue weighted by Crippen LogP contribution is -2.38. The molecule has 0 fully saturated rings. The van der Waals surface area contributed by atoms with Crippen LogP contribution >= 0.6 is 27.5 Å². The molecule has 66 valence electrons. The summed E-state index contributed by atoms with van der Waals surface area (Å²) < 4.78 is 1.05. The van der Waals surface area contributed by atoms with Crippen LogP contribution < -0.4 is 5.19 Å². The zero-order valence-electron chi connectivity index (χ0n) is 7.49. The lowest BCUT2D eigenvalue weighted by atomic mass is 10.4. The zero-order valence-corrected chi connectivity index (χ0v) is 10.8. The Bertz CT molecular complexity index is 291. The highest BCUT2D eigenvalue weighted by Gasteiger charge is 2.19. The summed E-state index contributed by atoms with van der Waals surface area (Å²) in [5.74, 6) is 0. The van der Waals surface area contributed by atoms with Crippen LogP contribution in [-0.4, -0.2) is 8.07 Å². The van der Waals surface area contributed by atoms with E-state index in [1.165, 1.54) is 5.19 Å². The van der Waals surface area contributed by atoms with Crippen LogP contribution in [0.2, 0.25) is 24.7 Å². The molecule has 0 aromatic heterocycles. The summed E-state index contributed by atoms with van der Waals surface area (Å²) in [7, 11) is -1.25. The first-order valence-corrected chi connectivity index (χ1v) is 8.54. The molecule has 12 heavy (non-hydrogen) atoms. The predicted molar refractivity (Wildman–Crippen MR) is 62.1 cm³/mol. The van der Waals surface area contributed by atoms with E-state index in [4.69, 9.17) is 11.6 Å². The molecule has 0 N–H and O–H groups in total. The molecule has 0 saturated carbocycles. The molecule has 0 aliphatic heterocycles. The highest BCUT2D eigenvalue weighted by atomic mass is 79.9. The third-order valence-corrected chi connectivity index (χ3v) is 4.76. The van der Waals surface area contributed by atoms with Crippen molar-refractivity contribution in [2.24, 2.45) is 0 Å². The molecule has 0 aliphatic rings. The second-order valence-electron chi connectivity index (χ2n) is 3.87. The predicted octanol–water partition coefficient (Wildman–Crippen LogP) is 3.65. The van der Waals surface area contributed by atoms with Gasteiger partial charge >= 0.3 is 0 Å². The van der Waals surface area contributed by atoms with Gasteiger partial charge in [0.25, 0.3) is 0 Å². The van der Waals surface area contributed by atoms with E-state index in [2.05, 4.69) is 47.7 Å². The van der Waals surface area contributed by atoms with Crippen molar-refractivity contribution < 1.29 is 0 Å². The lowest BCUT2D eigenvalue weighted by Gasteiger charge is -2.18. The second-order valence-corrected chi connectivity index (χ2v) is 10.2. The van der Waals surface area contributed by atoms with Crippen LogP contribution in [0, 0.1) is 0 Å². The quantitative estimate of drug-likeness (QED) is 0.679. The van der Waals surface area contributed by atoms with Gasteiger partial charge in [0.2, 0.25) is 0 Å². The first kappa shape index (κ1) is 10.3. The van der Waals surface area contributed by atoms with Gasteiger partial charge in [-0.05, 0) is 17.3 Å². The highest BCUT2D eigenvalue weighted by molar-refractivity contribution is 9.10. The maximum atomic E-state index is 6.12. The third kappa shape index (κ3) is 2.35. The van der Waals surface area contributed by atoms with Gasteiger partial charge in [-0.1, -0.05) is 53.2 Å². The van der Waals surface area contributed by atoms with Gasteiger partial charge in [-0.25, -0.2) is 0 Å². The fourth-order valence-electron chi connectivity index (χ4n) is 1.10. The van der Waals surface area contributed by atoms with E-state index in [0.717, 1.165) is 9.50 Å². The molecular weight excluding hydrogens is 252 g/mol. The summed E-state index contributed by atoms with van der Waals surface area (Å²) in [6.07, 6.45) is 0. The summed E-state index contributed by atoms with van der Waals surface area (Å²) in [4.78, 5) is 0. The number of benzene rings is 1. The Kier molecular flexibility index (Phi) is 3.02. The topological polar surface area (TPSA) is 0 Å². The summed E-state index contributed by atoms with van der Waals surface area (Å²) >= 11 is 9.51. The molecule has 0 amide bonds. The normalized spacial score (nSPS) is 11.8. The maximum absolute atomic E-state index is 6.12. The molecule has 0 unspecified atom stereocenters. The van der Waals surface area contributed by atoms with E-state index in [1.54, 1.807) is 0 Å². The van der Waals surface area contributed by atoms with E-state index in [1.807, 2.05) is 6.07 Å². The van der Waals surface area contributed by atoms with Crippen LogP contribution in [0.25, 0.3) is 0 Å². The molecule has 0 radical (unpaired) electrons. The minimum absolute atomic E-state index is 0.892. The number of hydrogen-bond acceptors (Lipinski definition) is 0. The van der Waals surface area contributed by atoms with Gasteiger partial charge in [-0.3, -0.25) is 0 Å². The molecule has 0 saturated heterocycles. The van der Waals surface area contributed by atoms with E-state index >= 15 is 0 Å². The summed E-state index contributed by atoms with van der Waals surface area (Å²) in [6.45, 7) is 6.88. The monoisotopic (exact) mass is 262 g/mol. The molecule has 3 heteroatoms. The lowest BCUT2D eigenvalue weighted by molar-refractivity contribution is 1.64. The van der Waals surface area contributed by atoms with E-state index < -0.39 is 8.07 Å². The molecule has 0 heterocycles. The first-order valence-electron chi connectivity index (χ1n) is 3.87. The molecule has 0 aliphatic carbocycles. The Morgan fingerprint density at radius 1 is 1.25 bits per heavy atom. The summed E-state index contributed by atoms with van der Waals surface area (Å²) in [5, 5.41) is 2.22. The van der Waals surface area contributed by atoms with Crippen molar-refractivity contribution in [2.45, 2.75) is 19.6 Å². The Balaban J connectivity index is 3.19. The standard InChI is InChI=1S/C9H12BrClSi/c1-12(2,3)9-5-4-7(10)6-8(9)11/h4-6H,1-3H3. The Labute approximate surface area is 88.1 Å². The van der Waals surface area contributed by atoms with E-state index in [9.17, 15) is 0 Å². The smallest absolute Gasteiger partial charge is 0.0795 e. The van der Waals surface area contributed by atoms with Gasteiger partial charge in [-0.15, -0.1) is 0 Å². The van der Waals surface area contributed by atoms with Crippen LogP contribution in [0.5, 0.6) is 0 Å². The van der Waals surface area contributed by atoms with Crippen LogP contribution in [0.4, 0.5) is 0 Å². The van der Waals surface area contributed by atoms with Crippen molar-refractivity contribution in [2.75, 3.05) is 0 Å². The second kappa shape index (κ2) is 3.52. The summed E-state index contributed by atoms with van der Waals surface area (Å²) in [6, 6.07) is 6.15. The van der Waals surface area contributed by atoms with Crippen molar-refractivity contribution in [3.8, 4) is 0 Å². The van der Waals surface area contributed by atoms with Crippen molar-refractivity contribution in [1.82, 2.24) is 0 Å². The number of halogens is 2. The largest absolute Gasteiger partial charge is 0.0844 e. The van der Waals surface area contributed by atoms with Gasteiger partial charge in [0.05, 0.1) is 8.07 Å². The molecule has 1 aromatic rings. The van der Waals surface area contributed by atoms with Crippen LogP contribution in [0.3, 0.4) is 0 Å². The molecule has 0 bridgehead atoms. The average molecular weight is 264 g/mol. The summed E-state index contributed by atoms with van der Waals surface area (Å²) in [5.41, 5.74) is 0. The Hall–Kier alpha value is 0.207. The first-order chi connectivity index (χ1) is 5.41. The van der Waals surface area contributed by atoms with Crippen LogP contribution in [-0.2, 0) is 0 Å². The van der Waals surface area contributed by atoms with Gasteiger partial charge in [0, 0.05) is 9.50 Å². The van der Waals surface area contributed by atoms with E-state index in [0.29, 0.717) is 0 Å². The molecule has 0 atom stereocenters. The van der Waals surface area contributed by atoms with Crippen molar-refractivity contribution in [3.63, 3.8) is 0 Å². The Morgan fingerprint density at radius 2 is 1.83 bits per heavy atom. The van der Waals surface area contributed by atoms with Gasteiger partial charge in [-0.2, -0.15) is 0 Å². The minimum Gasteiger partial charge on any atom is -0.0844 e. The zero-order chi connectivity index (χ0) is 9.35. The molecule has 0 nitrogen and oxygen atoms in total. The van der Waals surface area contributed by atoms with Gasteiger partial charge < -0.3 is 0 Å². The Morgan fingerprint density at radius 3 is 2.25 bits per heavy atom. The fourth-order valence-corrected chi connectivity index (χ4v) is 3.99. The molecule has 1 rings (SSSR count). The van der Waals surface area contributed by atoms with Crippen molar-refractivity contribution in [3.05, 3.63) is 27.7 Å². The SMILES string of the molecule is C[Si](C)(C)c1ccc(Br)cc1Cl. The third-order valence-electron chi connectivity index (χ3n) is 1.74. The number of hydrogen-bond donors (Lipinski definition) is 0. The highest BCUT2D eigenvalue weighted by Crippen LogP contribution is 2.17. The van der Waals surface area contributed by atoms with Crippen LogP contribution in [0.15, 0.2) is 22.7 Å². The van der Waals surface area contributed by atoms with Crippen molar-refractivity contribution in [1.29, 1.82) is 0 Å². The fraction of sp³-hybridized carbons (Fsp3) is 0.333. The number of rotatable bonds is 1. The van der Waals surface area contributed by atoms with Crippen molar-refractivity contribution >= 4 is 40.8 Å². The average Bonchev–Trinajstić information content (AvgIpc) is 1.83. The molecule has 0 spiro atoms. The minimum atomic E-state index is -1.25. The van der Waals surface area contributed by atoms with Gasteiger partial charge in [0.1, 0.15) is 0 Å². The molecular formula is C9H12BrClSi.